The number of anilines is 1. The van der Waals surface area contributed by atoms with Gasteiger partial charge >= 0.3 is 6.18 Å². The van der Waals surface area contributed by atoms with Crippen LogP contribution < -0.4 is 5.32 Å². The summed E-state index contributed by atoms with van der Waals surface area (Å²) in [7, 11) is -3.31. The molecule has 1 fully saturated rings. The molecule has 0 unspecified atom stereocenters. The summed E-state index contributed by atoms with van der Waals surface area (Å²) >= 11 is 6.23. The summed E-state index contributed by atoms with van der Waals surface area (Å²) in [5.41, 5.74) is -0.338. The molecule has 14 heteroatoms. The number of halogens is 4. The van der Waals surface area contributed by atoms with Gasteiger partial charge in [-0.25, -0.2) is 27.7 Å². The number of aryl methyl sites for hydroxylation is 1. The van der Waals surface area contributed by atoms with E-state index in [9.17, 15) is 26.9 Å². The van der Waals surface area contributed by atoms with E-state index in [-0.39, 0.29) is 41.4 Å². The molecule has 3 aromatic rings. The Morgan fingerprint density at radius 3 is 2.53 bits per heavy atom. The SMILES string of the molecule is Cc1ccc(-n2cnc(-c3nc(NC4CCN(S(C)(=O)=O)CC4)ncc3C(F)(F)F)c2)c(C#N)c1Cl. The third-order valence-corrected chi connectivity index (χ3v) is 7.67. The molecule has 1 saturated heterocycles. The van der Waals surface area contributed by atoms with Crippen LogP contribution in [0.5, 0.6) is 0 Å². The number of piperidine rings is 1. The van der Waals surface area contributed by atoms with E-state index in [2.05, 4.69) is 20.3 Å². The van der Waals surface area contributed by atoms with Crippen molar-refractivity contribution in [3.8, 4) is 23.1 Å². The second-order valence-electron chi connectivity index (χ2n) is 8.40. The zero-order valence-corrected chi connectivity index (χ0v) is 20.8. The summed E-state index contributed by atoms with van der Waals surface area (Å²) in [6, 6.07) is 5.13. The van der Waals surface area contributed by atoms with E-state index in [1.165, 1.54) is 21.4 Å². The number of hydrogen-bond donors (Lipinski definition) is 1. The maximum absolute atomic E-state index is 13.8. The van der Waals surface area contributed by atoms with Crippen molar-refractivity contribution >= 4 is 27.6 Å². The van der Waals surface area contributed by atoms with Crippen molar-refractivity contribution in [2.24, 2.45) is 0 Å². The minimum atomic E-state index is -4.73. The summed E-state index contributed by atoms with van der Waals surface area (Å²) < 4.78 is 67.5. The van der Waals surface area contributed by atoms with Crippen molar-refractivity contribution in [3.63, 3.8) is 0 Å². The smallest absolute Gasteiger partial charge is 0.351 e. The van der Waals surface area contributed by atoms with Crippen molar-refractivity contribution in [1.82, 2.24) is 23.8 Å². The van der Waals surface area contributed by atoms with Crippen molar-refractivity contribution in [2.75, 3.05) is 24.7 Å². The number of sulfonamides is 1. The molecular formula is C22H21ClF3N7O2S. The van der Waals surface area contributed by atoms with E-state index in [1.54, 1.807) is 19.1 Å². The Kier molecular flexibility index (Phi) is 6.96. The fraction of sp³-hybridized carbons (Fsp3) is 0.364. The molecule has 36 heavy (non-hydrogen) atoms. The highest BCUT2D eigenvalue weighted by atomic mass is 35.5. The monoisotopic (exact) mass is 539 g/mol. The lowest BCUT2D eigenvalue weighted by molar-refractivity contribution is -0.137. The van der Waals surface area contributed by atoms with Crippen LogP contribution in [0.3, 0.4) is 0 Å². The van der Waals surface area contributed by atoms with Crippen LogP contribution in [0.25, 0.3) is 17.1 Å². The quantitative estimate of drug-likeness (QED) is 0.520. The van der Waals surface area contributed by atoms with Gasteiger partial charge < -0.3 is 9.88 Å². The van der Waals surface area contributed by atoms with Crippen LogP contribution in [0.1, 0.15) is 29.5 Å². The minimum Gasteiger partial charge on any atom is -0.351 e. The van der Waals surface area contributed by atoms with E-state index < -0.39 is 27.5 Å². The van der Waals surface area contributed by atoms with Crippen LogP contribution in [0, 0.1) is 18.3 Å². The van der Waals surface area contributed by atoms with Crippen molar-refractivity contribution < 1.29 is 21.6 Å². The number of nitriles is 1. The first-order valence-corrected chi connectivity index (χ1v) is 13.0. The van der Waals surface area contributed by atoms with Gasteiger partial charge in [-0.05, 0) is 31.4 Å². The fourth-order valence-electron chi connectivity index (χ4n) is 3.94. The Labute approximate surface area is 210 Å². The van der Waals surface area contributed by atoms with Gasteiger partial charge in [0.2, 0.25) is 16.0 Å². The average Bonchev–Trinajstić information content (AvgIpc) is 3.30. The highest BCUT2D eigenvalue weighted by Crippen LogP contribution is 2.36. The number of alkyl halides is 3. The number of benzene rings is 1. The topological polar surface area (TPSA) is 117 Å². The highest BCUT2D eigenvalue weighted by Gasteiger charge is 2.36. The van der Waals surface area contributed by atoms with Crippen LogP contribution in [0.4, 0.5) is 19.1 Å². The molecule has 0 radical (unpaired) electrons. The van der Waals surface area contributed by atoms with Gasteiger partial charge in [-0.3, -0.25) is 0 Å². The number of nitrogens with zero attached hydrogens (tertiary/aromatic N) is 6. The lowest BCUT2D eigenvalue weighted by Crippen LogP contribution is -2.42. The van der Waals surface area contributed by atoms with Gasteiger partial charge in [0.05, 0.1) is 22.5 Å². The lowest BCUT2D eigenvalue weighted by atomic mass is 10.1. The Hall–Kier alpha value is -3.21. The molecular weight excluding hydrogens is 519 g/mol. The van der Waals surface area contributed by atoms with E-state index in [4.69, 9.17) is 11.6 Å². The van der Waals surface area contributed by atoms with Gasteiger partial charge in [0.25, 0.3) is 0 Å². The molecule has 0 spiro atoms. The van der Waals surface area contributed by atoms with Gasteiger partial charge in [0.1, 0.15) is 29.3 Å². The molecule has 3 heterocycles. The Morgan fingerprint density at radius 1 is 1.22 bits per heavy atom. The van der Waals surface area contributed by atoms with E-state index in [0.29, 0.717) is 30.3 Å². The first-order chi connectivity index (χ1) is 16.9. The predicted molar refractivity (Wildman–Crippen MR) is 127 cm³/mol. The number of rotatable bonds is 5. The summed E-state index contributed by atoms with van der Waals surface area (Å²) in [5, 5.41) is 12.8. The molecule has 190 valence electrons. The molecule has 9 nitrogen and oxygen atoms in total. The molecule has 0 amide bonds. The maximum Gasteiger partial charge on any atom is 0.420 e. The van der Waals surface area contributed by atoms with Crippen LogP contribution in [-0.2, 0) is 16.2 Å². The average molecular weight is 540 g/mol. The number of aromatic nitrogens is 4. The number of nitrogens with one attached hydrogen (secondary N) is 1. The molecule has 4 rings (SSSR count). The third kappa shape index (κ3) is 5.30. The molecule has 1 N–H and O–H groups in total. The Balaban J connectivity index is 1.66. The Morgan fingerprint density at radius 2 is 1.92 bits per heavy atom. The van der Waals surface area contributed by atoms with Crippen molar-refractivity contribution in [1.29, 1.82) is 5.26 Å². The van der Waals surface area contributed by atoms with E-state index >= 15 is 0 Å². The normalized spacial score (nSPS) is 15.6. The second-order valence-corrected chi connectivity index (χ2v) is 10.8. The molecule has 0 saturated carbocycles. The first-order valence-electron chi connectivity index (χ1n) is 10.8. The summed E-state index contributed by atoms with van der Waals surface area (Å²) in [4.78, 5) is 12.1. The highest BCUT2D eigenvalue weighted by molar-refractivity contribution is 7.88. The van der Waals surface area contributed by atoms with Gasteiger partial charge in [-0.1, -0.05) is 17.7 Å². The molecule has 1 aliphatic rings. The third-order valence-electron chi connectivity index (χ3n) is 5.88. The lowest BCUT2D eigenvalue weighted by Gasteiger charge is -2.30. The van der Waals surface area contributed by atoms with Crippen molar-refractivity contribution in [3.05, 3.63) is 52.6 Å². The van der Waals surface area contributed by atoms with Crippen LogP contribution in [-0.4, -0.2) is 57.6 Å². The van der Waals surface area contributed by atoms with Gasteiger partial charge in [-0.15, -0.1) is 0 Å². The van der Waals surface area contributed by atoms with Crippen molar-refractivity contribution in [2.45, 2.75) is 32.0 Å². The molecule has 1 aliphatic heterocycles. The van der Waals surface area contributed by atoms with Gasteiger partial charge in [-0.2, -0.15) is 18.4 Å². The molecule has 0 atom stereocenters. The second kappa shape index (κ2) is 9.68. The molecule has 0 aliphatic carbocycles. The molecule has 0 bridgehead atoms. The standard InChI is InChI=1S/C22H21ClF3N7O2S/c1-13-3-4-18(15(9-27)19(13)23)32-11-17(29-12-32)20-16(22(24,25)26)10-28-21(31-20)30-14-5-7-33(8-6-14)36(2,34)35/h3-4,10-12,14H,5-8H2,1-2H3,(H,28,30,31). The van der Waals surface area contributed by atoms with Crippen LogP contribution in [0.15, 0.2) is 30.9 Å². The maximum atomic E-state index is 13.8. The van der Waals surface area contributed by atoms with Crippen LogP contribution in [0.2, 0.25) is 5.02 Å². The van der Waals surface area contributed by atoms with Gasteiger partial charge in [0, 0.05) is 31.5 Å². The summed E-state index contributed by atoms with van der Waals surface area (Å²) in [5.74, 6) is -0.0264. The zero-order valence-electron chi connectivity index (χ0n) is 19.2. The van der Waals surface area contributed by atoms with Crippen LogP contribution >= 0.6 is 11.6 Å². The van der Waals surface area contributed by atoms with E-state index in [1.807, 2.05) is 6.07 Å². The first kappa shape index (κ1) is 25.9. The summed E-state index contributed by atoms with van der Waals surface area (Å²) in [6.07, 6.45) is 0.623. The largest absolute Gasteiger partial charge is 0.420 e. The predicted octanol–water partition coefficient (Wildman–Crippen LogP) is 4.02. The summed E-state index contributed by atoms with van der Waals surface area (Å²) in [6.45, 7) is 2.31. The molecule has 2 aromatic heterocycles. The number of hydrogen-bond acceptors (Lipinski definition) is 7. The fourth-order valence-corrected chi connectivity index (χ4v) is 5.01. The number of imidazole rings is 1. The minimum absolute atomic E-state index is 0.0264. The van der Waals surface area contributed by atoms with Gasteiger partial charge in [0.15, 0.2) is 0 Å². The molecule has 1 aromatic carbocycles. The Bertz CT molecular complexity index is 1440. The van der Waals surface area contributed by atoms with E-state index in [0.717, 1.165) is 6.26 Å². The zero-order chi connectivity index (χ0) is 26.3.